The summed E-state index contributed by atoms with van der Waals surface area (Å²) in [4.78, 5) is 25.0. The van der Waals surface area contributed by atoms with Crippen molar-refractivity contribution in [1.82, 2.24) is 4.90 Å². The second-order valence-electron chi connectivity index (χ2n) is 4.07. The number of likely N-dealkylation sites (tertiary alicyclic amines) is 1. The van der Waals surface area contributed by atoms with E-state index in [0.717, 1.165) is 9.99 Å². The maximum absolute atomic E-state index is 12.2. The van der Waals surface area contributed by atoms with E-state index in [0.29, 0.717) is 18.5 Å². The topological polar surface area (TPSA) is 63.4 Å². The lowest BCUT2D eigenvalue weighted by Crippen LogP contribution is -2.43. The molecule has 0 spiro atoms. The molecule has 2 amide bonds. The van der Waals surface area contributed by atoms with E-state index in [9.17, 15) is 9.59 Å². The number of carbonyl (C=O) groups excluding carboxylic acids is 2. The largest absolute Gasteiger partial charge is 0.368 e. The smallest absolute Gasteiger partial charge is 0.254 e. The van der Waals surface area contributed by atoms with Gasteiger partial charge in [0.25, 0.3) is 5.91 Å². The summed E-state index contributed by atoms with van der Waals surface area (Å²) in [6.45, 7) is 0.609. The van der Waals surface area contributed by atoms with Gasteiger partial charge in [-0.3, -0.25) is 9.59 Å². The van der Waals surface area contributed by atoms with Crippen LogP contribution in [0, 0.1) is 3.57 Å². The van der Waals surface area contributed by atoms with E-state index < -0.39 is 11.9 Å². The van der Waals surface area contributed by atoms with Crippen molar-refractivity contribution in [3.05, 3.63) is 33.4 Å². The predicted octanol–water partition coefficient (Wildman–Crippen LogP) is 1.38. The molecule has 4 nitrogen and oxygen atoms in total. The summed E-state index contributed by atoms with van der Waals surface area (Å²) in [6.07, 6.45) is 1.51. The minimum Gasteiger partial charge on any atom is -0.368 e. The molecular weight excluding hydrogens is 331 g/mol. The van der Waals surface area contributed by atoms with E-state index in [-0.39, 0.29) is 5.91 Å². The average Bonchev–Trinajstić information content (AvgIpc) is 2.77. The molecule has 1 aliphatic rings. The van der Waals surface area contributed by atoms with E-state index >= 15 is 0 Å². The third-order valence-corrected chi connectivity index (χ3v) is 3.58. The first-order valence-corrected chi connectivity index (χ1v) is 6.53. The Hall–Kier alpha value is -1.11. The molecule has 1 saturated heterocycles. The predicted molar refractivity (Wildman–Crippen MR) is 72.4 cm³/mol. The Kier molecular flexibility index (Phi) is 3.66. The van der Waals surface area contributed by atoms with Crippen LogP contribution in [0.3, 0.4) is 0 Å². The van der Waals surface area contributed by atoms with Crippen molar-refractivity contribution in [2.24, 2.45) is 5.73 Å². The number of rotatable bonds is 2. The molecule has 1 fully saturated rings. The molecule has 1 aliphatic heterocycles. The molecular formula is C12H13IN2O2. The second-order valence-corrected chi connectivity index (χ2v) is 5.31. The van der Waals surface area contributed by atoms with Crippen LogP contribution in [-0.4, -0.2) is 29.3 Å². The van der Waals surface area contributed by atoms with Gasteiger partial charge in [-0.1, -0.05) is 6.07 Å². The van der Waals surface area contributed by atoms with E-state index in [2.05, 4.69) is 22.6 Å². The zero-order chi connectivity index (χ0) is 12.4. The van der Waals surface area contributed by atoms with Crippen molar-refractivity contribution in [1.29, 1.82) is 0 Å². The van der Waals surface area contributed by atoms with E-state index in [1.54, 1.807) is 11.0 Å². The summed E-state index contributed by atoms with van der Waals surface area (Å²) < 4.78 is 1.00. The number of benzene rings is 1. The monoisotopic (exact) mass is 344 g/mol. The Morgan fingerprint density at radius 2 is 2.18 bits per heavy atom. The Bertz CT molecular complexity index is 462. The molecule has 0 radical (unpaired) electrons. The fourth-order valence-electron chi connectivity index (χ4n) is 2.09. The lowest BCUT2D eigenvalue weighted by atomic mass is 10.1. The lowest BCUT2D eigenvalue weighted by Gasteiger charge is -2.22. The van der Waals surface area contributed by atoms with Crippen molar-refractivity contribution in [2.75, 3.05) is 6.54 Å². The SMILES string of the molecule is NC(=O)C1CCCN1C(=O)c1cccc(I)c1. The van der Waals surface area contributed by atoms with Crippen LogP contribution in [0.4, 0.5) is 0 Å². The molecule has 0 aromatic heterocycles. The van der Waals surface area contributed by atoms with Gasteiger partial charge >= 0.3 is 0 Å². The molecule has 0 saturated carbocycles. The van der Waals surface area contributed by atoms with Crippen LogP contribution >= 0.6 is 22.6 Å². The van der Waals surface area contributed by atoms with E-state index in [1.807, 2.05) is 18.2 Å². The molecule has 17 heavy (non-hydrogen) atoms. The molecule has 2 rings (SSSR count). The highest BCUT2D eigenvalue weighted by Crippen LogP contribution is 2.20. The number of nitrogens with zero attached hydrogens (tertiary/aromatic N) is 1. The van der Waals surface area contributed by atoms with Gasteiger partial charge in [0.2, 0.25) is 5.91 Å². The number of carbonyl (C=O) groups is 2. The minimum atomic E-state index is -0.444. The van der Waals surface area contributed by atoms with Crippen LogP contribution in [0.15, 0.2) is 24.3 Å². The number of amides is 2. The van der Waals surface area contributed by atoms with E-state index in [1.165, 1.54) is 0 Å². The first kappa shape index (κ1) is 12.3. The lowest BCUT2D eigenvalue weighted by molar-refractivity contribution is -0.121. The van der Waals surface area contributed by atoms with Crippen LogP contribution < -0.4 is 5.73 Å². The molecule has 2 N–H and O–H groups in total. The summed E-state index contributed by atoms with van der Waals surface area (Å²) in [6, 6.07) is 6.90. The van der Waals surface area contributed by atoms with Crippen LogP contribution in [0.2, 0.25) is 0 Å². The summed E-state index contributed by atoms with van der Waals surface area (Å²) in [5.41, 5.74) is 5.92. The summed E-state index contributed by atoms with van der Waals surface area (Å²) in [7, 11) is 0. The number of hydrogen-bond donors (Lipinski definition) is 1. The number of halogens is 1. The second kappa shape index (κ2) is 5.03. The Morgan fingerprint density at radius 1 is 1.41 bits per heavy atom. The fraction of sp³-hybridized carbons (Fsp3) is 0.333. The quantitative estimate of drug-likeness (QED) is 0.824. The molecule has 5 heteroatoms. The highest BCUT2D eigenvalue weighted by Gasteiger charge is 2.32. The van der Waals surface area contributed by atoms with Crippen molar-refractivity contribution in [3.8, 4) is 0 Å². The Labute approximate surface area is 113 Å². The van der Waals surface area contributed by atoms with Gasteiger partial charge in [0.05, 0.1) is 0 Å². The number of hydrogen-bond acceptors (Lipinski definition) is 2. The zero-order valence-corrected chi connectivity index (χ0v) is 11.4. The van der Waals surface area contributed by atoms with E-state index in [4.69, 9.17) is 5.73 Å². The molecule has 0 bridgehead atoms. The average molecular weight is 344 g/mol. The van der Waals surface area contributed by atoms with Crippen molar-refractivity contribution < 1.29 is 9.59 Å². The third-order valence-electron chi connectivity index (χ3n) is 2.91. The van der Waals surface area contributed by atoms with Crippen molar-refractivity contribution >= 4 is 34.4 Å². The summed E-state index contributed by atoms with van der Waals surface area (Å²) in [5, 5.41) is 0. The first-order chi connectivity index (χ1) is 8.09. The zero-order valence-electron chi connectivity index (χ0n) is 9.23. The van der Waals surface area contributed by atoms with Crippen LogP contribution in [-0.2, 0) is 4.79 Å². The summed E-state index contributed by atoms with van der Waals surface area (Å²) in [5.74, 6) is -0.522. The first-order valence-electron chi connectivity index (χ1n) is 5.45. The van der Waals surface area contributed by atoms with Crippen LogP contribution in [0.1, 0.15) is 23.2 Å². The summed E-state index contributed by atoms with van der Waals surface area (Å²) >= 11 is 2.16. The third kappa shape index (κ3) is 2.59. The number of primary amides is 1. The molecule has 1 atom stereocenters. The molecule has 0 aliphatic carbocycles. The van der Waals surface area contributed by atoms with Crippen molar-refractivity contribution in [2.45, 2.75) is 18.9 Å². The molecule has 1 aromatic rings. The fourth-order valence-corrected chi connectivity index (χ4v) is 2.64. The minimum absolute atomic E-state index is 0.107. The Morgan fingerprint density at radius 3 is 2.82 bits per heavy atom. The number of nitrogens with two attached hydrogens (primary N) is 1. The normalized spacial score (nSPS) is 19.4. The molecule has 1 heterocycles. The van der Waals surface area contributed by atoms with Gasteiger partial charge < -0.3 is 10.6 Å². The van der Waals surface area contributed by atoms with Crippen LogP contribution in [0.25, 0.3) is 0 Å². The van der Waals surface area contributed by atoms with Gasteiger partial charge in [-0.2, -0.15) is 0 Å². The van der Waals surface area contributed by atoms with Crippen LogP contribution in [0.5, 0.6) is 0 Å². The maximum Gasteiger partial charge on any atom is 0.254 e. The molecule has 1 unspecified atom stereocenters. The van der Waals surface area contributed by atoms with Gasteiger partial charge in [0, 0.05) is 15.7 Å². The van der Waals surface area contributed by atoms with Gasteiger partial charge in [-0.15, -0.1) is 0 Å². The molecule has 90 valence electrons. The molecule has 1 aromatic carbocycles. The highest BCUT2D eigenvalue weighted by atomic mass is 127. The van der Waals surface area contributed by atoms with Gasteiger partial charge in [-0.25, -0.2) is 0 Å². The van der Waals surface area contributed by atoms with Gasteiger partial charge in [-0.05, 0) is 53.6 Å². The van der Waals surface area contributed by atoms with Crippen molar-refractivity contribution in [3.63, 3.8) is 0 Å². The van der Waals surface area contributed by atoms with Gasteiger partial charge in [0.15, 0.2) is 0 Å². The van der Waals surface area contributed by atoms with Gasteiger partial charge in [0.1, 0.15) is 6.04 Å². The maximum atomic E-state index is 12.2. The highest BCUT2D eigenvalue weighted by molar-refractivity contribution is 14.1. The Balaban J connectivity index is 2.23. The standard InChI is InChI=1S/C12H13IN2O2/c13-9-4-1-3-8(7-9)12(17)15-6-2-5-10(15)11(14)16/h1,3-4,7,10H,2,5-6H2,(H2,14,16).